The van der Waals surface area contributed by atoms with Gasteiger partial charge in [-0.15, -0.1) is 11.3 Å². The number of benzene rings is 1. The highest BCUT2D eigenvalue weighted by atomic mass is 32.1. The number of piperidine rings is 1. The molecule has 3 heterocycles. The lowest BCUT2D eigenvalue weighted by atomic mass is 9.98. The molecule has 10 heteroatoms. The molecule has 1 amide bonds. The third-order valence-corrected chi connectivity index (χ3v) is 6.70. The highest BCUT2D eigenvalue weighted by Crippen LogP contribution is 2.20. The van der Waals surface area contributed by atoms with Crippen molar-refractivity contribution in [2.75, 3.05) is 19.7 Å². The number of ether oxygens (including phenoxy) is 1. The fourth-order valence-corrected chi connectivity index (χ4v) is 4.96. The molecule has 1 aromatic carbocycles. The summed E-state index contributed by atoms with van der Waals surface area (Å²) < 4.78 is 21.8. The Morgan fingerprint density at radius 2 is 1.97 bits per heavy atom. The Labute approximate surface area is 192 Å². The topological polar surface area (TPSA) is 90.6 Å². The molecule has 0 aliphatic carbocycles. The minimum Gasteiger partial charge on any atom is -0.466 e. The summed E-state index contributed by atoms with van der Waals surface area (Å²) in [7, 11) is 0. The molecule has 174 valence electrons. The largest absolute Gasteiger partial charge is 0.466 e. The number of esters is 1. The van der Waals surface area contributed by atoms with Crippen molar-refractivity contribution in [2.45, 2.75) is 32.9 Å². The molecule has 1 saturated heterocycles. The van der Waals surface area contributed by atoms with Crippen LogP contribution in [-0.2, 0) is 27.4 Å². The van der Waals surface area contributed by atoms with Gasteiger partial charge in [0.05, 0.1) is 24.6 Å². The van der Waals surface area contributed by atoms with E-state index in [-0.39, 0.29) is 43.7 Å². The number of hydrogen-bond donors (Lipinski definition) is 0. The van der Waals surface area contributed by atoms with Crippen molar-refractivity contribution in [1.82, 2.24) is 14.0 Å². The smallest absolute Gasteiger partial charge is 0.332 e. The lowest BCUT2D eigenvalue weighted by Gasteiger charge is -2.31. The minimum atomic E-state index is -0.679. The Kier molecular flexibility index (Phi) is 6.73. The normalized spacial score (nSPS) is 16.2. The van der Waals surface area contributed by atoms with Crippen molar-refractivity contribution >= 4 is 33.4 Å². The van der Waals surface area contributed by atoms with Gasteiger partial charge in [-0.2, -0.15) is 0 Å². The van der Waals surface area contributed by atoms with E-state index in [1.54, 1.807) is 29.3 Å². The minimum absolute atomic E-state index is 0.207. The summed E-state index contributed by atoms with van der Waals surface area (Å²) in [6.07, 6.45) is 1.30. The van der Waals surface area contributed by atoms with Crippen molar-refractivity contribution in [3.05, 3.63) is 67.9 Å². The second-order valence-electron chi connectivity index (χ2n) is 7.92. The first-order valence-electron chi connectivity index (χ1n) is 10.8. The molecule has 1 aliphatic heterocycles. The second-order valence-corrected chi connectivity index (χ2v) is 8.83. The maximum atomic E-state index is 14.2. The molecule has 1 atom stereocenters. The summed E-state index contributed by atoms with van der Waals surface area (Å²) in [5.41, 5.74) is -0.621. The van der Waals surface area contributed by atoms with Crippen LogP contribution in [0.25, 0.3) is 10.2 Å². The molecule has 8 nitrogen and oxygen atoms in total. The molecular formula is C23H24FN3O5S. The fourth-order valence-electron chi connectivity index (χ4n) is 4.11. The van der Waals surface area contributed by atoms with Gasteiger partial charge in [0.15, 0.2) is 0 Å². The molecule has 3 aromatic rings. The molecular weight excluding hydrogens is 449 g/mol. The van der Waals surface area contributed by atoms with Gasteiger partial charge < -0.3 is 9.64 Å². The Bertz CT molecular complexity index is 1310. The maximum Gasteiger partial charge on any atom is 0.332 e. The van der Waals surface area contributed by atoms with E-state index in [2.05, 4.69) is 0 Å². The van der Waals surface area contributed by atoms with Crippen LogP contribution in [0.5, 0.6) is 0 Å². The first kappa shape index (κ1) is 22.9. The number of fused-ring (bicyclic) bond motifs is 1. The number of amides is 1. The number of nitrogens with zero attached hydrogens (tertiary/aromatic N) is 3. The number of aromatic nitrogens is 2. The SMILES string of the molecule is CCOC(=O)[C@H]1CCCN(C(=O)Cn2c(=O)n(Cc3ccccc3F)c(=O)c3sccc32)C1. The molecule has 1 aliphatic rings. The second kappa shape index (κ2) is 9.70. The van der Waals surface area contributed by atoms with Crippen molar-refractivity contribution in [3.63, 3.8) is 0 Å². The highest BCUT2D eigenvalue weighted by molar-refractivity contribution is 7.17. The number of rotatable bonds is 6. The zero-order chi connectivity index (χ0) is 23.5. The Hall–Kier alpha value is -3.27. The summed E-state index contributed by atoms with van der Waals surface area (Å²) in [5, 5.41) is 1.68. The maximum absolute atomic E-state index is 14.2. The Morgan fingerprint density at radius 3 is 2.73 bits per heavy atom. The predicted octanol–water partition coefficient (Wildman–Crippen LogP) is 2.21. The zero-order valence-corrected chi connectivity index (χ0v) is 19.0. The van der Waals surface area contributed by atoms with Crippen molar-refractivity contribution in [1.29, 1.82) is 0 Å². The summed E-state index contributed by atoms with van der Waals surface area (Å²) in [5.74, 6) is -1.56. The van der Waals surface area contributed by atoms with Crippen LogP contribution in [0.3, 0.4) is 0 Å². The summed E-state index contributed by atoms with van der Waals surface area (Å²) in [6.45, 7) is 2.20. The first-order chi connectivity index (χ1) is 15.9. The molecule has 2 aromatic heterocycles. The molecule has 0 unspecified atom stereocenters. The standard InChI is InChI=1S/C23H24FN3O5S/c1-2-32-22(30)16-7-5-10-25(12-16)19(28)14-26-18-9-11-33-20(18)21(29)27(23(26)31)13-15-6-3-4-8-17(15)24/h3-4,6,8-9,11,16H,2,5,7,10,12-14H2,1H3/t16-/m0/s1. The molecule has 0 radical (unpaired) electrons. The van der Waals surface area contributed by atoms with E-state index in [9.17, 15) is 23.6 Å². The van der Waals surface area contributed by atoms with E-state index in [4.69, 9.17) is 4.74 Å². The summed E-state index contributed by atoms with van der Waals surface area (Å²) in [6, 6.07) is 7.57. The third-order valence-electron chi connectivity index (χ3n) is 5.81. The van der Waals surface area contributed by atoms with Crippen LogP contribution in [0.15, 0.2) is 45.3 Å². The van der Waals surface area contributed by atoms with Crippen LogP contribution < -0.4 is 11.2 Å². The van der Waals surface area contributed by atoms with E-state index >= 15 is 0 Å². The number of carbonyl (C=O) groups excluding carboxylic acids is 2. The van der Waals surface area contributed by atoms with E-state index in [1.807, 2.05) is 0 Å². The lowest BCUT2D eigenvalue weighted by Crippen LogP contribution is -2.47. The summed E-state index contributed by atoms with van der Waals surface area (Å²) >= 11 is 1.17. The van der Waals surface area contributed by atoms with Crippen LogP contribution in [0.4, 0.5) is 4.39 Å². The van der Waals surface area contributed by atoms with Gasteiger partial charge in [0.2, 0.25) is 5.91 Å². The van der Waals surface area contributed by atoms with Crippen LogP contribution in [0.1, 0.15) is 25.3 Å². The highest BCUT2D eigenvalue weighted by Gasteiger charge is 2.30. The van der Waals surface area contributed by atoms with Crippen molar-refractivity contribution < 1.29 is 18.7 Å². The monoisotopic (exact) mass is 473 g/mol. The molecule has 1 fully saturated rings. The van der Waals surface area contributed by atoms with Crippen molar-refractivity contribution in [2.24, 2.45) is 5.92 Å². The van der Waals surface area contributed by atoms with Gasteiger partial charge in [0.1, 0.15) is 17.1 Å². The van der Waals surface area contributed by atoms with Gasteiger partial charge in [-0.05, 0) is 37.3 Å². The predicted molar refractivity (Wildman–Crippen MR) is 122 cm³/mol. The first-order valence-corrected chi connectivity index (χ1v) is 11.7. The van der Waals surface area contributed by atoms with Gasteiger partial charge in [-0.25, -0.2) is 9.18 Å². The van der Waals surface area contributed by atoms with E-state index in [1.165, 1.54) is 34.1 Å². The Morgan fingerprint density at radius 1 is 1.18 bits per heavy atom. The van der Waals surface area contributed by atoms with Crippen LogP contribution in [0.2, 0.25) is 0 Å². The van der Waals surface area contributed by atoms with Gasteiger partial charge in [-0.3, -0.25) is 23.5 Å². The number of carbonyl (C=O) groups is 2. The molecule has 0 N–H and O–H groups in total. The van der Waals surface area contributed by atoms with Gasteiger partial charge in [0, 0.05) is 18.7 Å². The summed E-state index contributed by atoms with van der Waals surface area (Å²) in [4.78, 5) is 53.0. The van der Waals surface area contributed by atoms with Gasteiger partial charge in [0.25, 0.3) is 5.56 Å². The van der Waals surface area contributed by atoms with E-state index in [0.29, 0.717) is 29.6 Å². The van der Waals surface area contributed by atoms with Crippen LogP contribution in [0, 0.1) is 11.7 Å². The number of hydrogen-bond acceptors (Lipinski definition) is 6. The quantitative estimate of drug-likeness (QED) is 0.512. The number of halogens is 1. The average molecular weight is 474 g/mol. The molecule has 0 bridgehead atoms. The van der Waals surface area contributed by atoms with E-state index < -0.39 is 23.0 Å². The average Bonchev–Trinajstić information content (AvgIpc) is 3.31. The number of thiophene rings is 1. The van der Waals surface area contributed by atoms with Crippen LogP contribution in [-0.4, -0.2) is 45.6 Å². The molecule has 0 spiro atoms. The van der Waals surface area contributed by atoms with E-state index in [0.717, 1.165) is 4.57 Å². The van der Waals surface area contributed by atoms with Gasteiger partial charge >= 0.3 is 11.7 Å². The fraction of sp³-hybridized carbons (Fsp3) is 0.391. The van der Waals surface area contributed by atoms with Crippen molar-refractivity contribution in [3.8, 4) is 0 Å². The molecule has 4 rings (SSSR count). The van der Waals surface area contributed by atoms with Gasteiger partial charge in [-0.1, -0.05) is 18.2 Å². The molecule has 0 saturated carbocycles. The third kappa shape index (κ3) is 4.61. The molecule has 33 heavy (non-hydrogen) atoms. The zero-order valence-electron chi connectivity index (χ0n) is 18.2. The van der Waals surface area contributed by atoms with Crippen LogP contribution >= 0.6 is 11.3 Å². The number of likely N-dealkylation sites (tertiary alicyclic amines) is 1. The Balaban J connectivity index is 1.65. The lowest BCUT2D eigenvalue weighted by molar-refractivity contribution is -0.151.